The molecule has 4 rings (SSSR count). The van der Waals surface area contributed by atoms with Crippen LogP contribution in [-0.2, 0) is 17.9 Å². The van der Waals surface area contributed by atoms with Gasteiger partial charge in [-0.1, -0.05) is 12.1 Å². The number of piperazine rings is 1. The number of pyridine rings is 1. The van der Waals surface area contributed by atoms with E-state index < -0.39 is 4.92 Å². The lowest BCUT2D eigenvalue weighted by molar-refractivity contribution is -0.384. The molecule has 0 spiro atoms. The number of hydrogen-bond acceptors (Lipinski definition) is 8. The number of ether oxygens (including phenoxy) is 2. The third-order valence-electron chi connectivity index (χ3n) is 5.88. The molecule has 0 amide bonds. The van der Waals surface area contributed by atoms with Crippen molar-refractivity contribution in [1.82, 2.24) is 9.88 Å². The Kier molecular flexibility index (Phi) is 8.12. The van der Waals surface area contributed by atoms with Crippen LogP contribution >= 0.6 is 0 Å². The second-order valence-corrected chi connectivity index (χ2v) is 8.95. The fraction of sp³-hybridized carbons (Fsp3) is 0.333. The predicted molar refractivity (Wildman–Crippen MR) is 136 cm³/mol. The van der Waals surface area contributed by atoms with Crippen molar-refractivity contribution in [3.63, 3.8) is 0 Å². The molecule has 1 fully saturated rings. The Morgan fingerprint density at radius 2 is 1.78 bits per heavy atom. The van der Waals surface area contributed by atoms with E-state index in [9.17, 15) is 14.9 Å². The van der Waals surface area contributed by atoms with Crippen molar-refractivity contribution < 1.29 is 19.2 Å². The number of rotatable bonds is 9. The highest BCUT2D eigenvalue weighted by molar-refractivity contribution is 5.94. The molecule has 188 valence electrons. The van der Waals surface area contributed by atoms with Gasteiger partial charge in [-0.3, -0.25) is 15.0 Å². The number of non-ortho nitro benzene ring substituents is 1. The molecular weight excluding hydrogens is 460 g/mol. The van der Waals surface area contributed by atoms with Crippen LogP contribution in [0.15, 0.2) is 66.9 Å². The van der Waals surface area contributed by atoms with Crippen LogP contribution in [0.1, 0.15) is 35.3 Å². The zero-order chi connectivity index (χ0) is 25.5. The maximum absolute atomic E-state index is 12.5. The zero-order valence-electron chi connectivity index (χ0n) is 20.5. The molecular formula is C27H30N4O5. The summed E-state index contributed by atoms with van der Waals surface area (Å²) in [5.74, 6) is 1.08. The molecule has 9 nitrogen and oxygen atoms in total. The zero-order valence-corrected chi connectivity index (χ0v) is 20.5. The number of aromatic nitrogens is 1. The van der Waals surface area contributed by atoms with E-state index in [-0.39, 0.29) is 17.8 Å². The number of carbonyl (C=O) groups is 1. The number of anilines is 1. The van der Waals surface area contributed by atoms with Crippen molar-refractivity contribution in [2.45, 2.75) is 33.1 Å². The molecule has 1 aliphatic heterocycles. The summed E-state index contributed by atoms with van der Waals surface area (Å²) in [5, 5.41) is 10.8. The van der Waals surface area contributed by atoms with Gasteiger partial charge in [0.1, 0.15) is 23.7 Å². The Balaban J connectivity index is 1.31. The molecule has 0 radical (unpaired) electrons. The van der Waals surface area contributed by atoms with Crippen LogP contribution < -0.4 is 9.64 Å². The molecule has 3 aromatic rings. The highest BCUT2D eigenvalue weighted by Gasteiger charge is 2.23. The number of nitro benzene ring substituents is 1. The average Bonchev–Trinajstić information content (AvgIpc) is 2.88. The number of esters is 1. The molecule has 9 heteroatoms. The lowest BCUT2D eigenvalue weighted by atomic mass is 10.1. The van der Waals surface area contributed by atoms with Gasteiger partial charge in [0.25, 0.3) is 5.69 Å². The highest BCUT2D eigenvalue weighted by atomic mass is 16.6. The van der Waals surface area contributed by atoms with E-state index in [0.29, 0.717) is 18.0 Å². The molecule has 0 unspecified atom stereocenters. The van der Waals surface area contributed by atoms with E-state index in [1.165, 1.54) is 12.1 Å². The van der Waals surface area contributed by atoms with E-state index in [2.05, 4.69) is 20.9 Å². The van der Waals surface area contributed by atoms with E-state index in [4.69, 9.17) is 9.47 Å². The van der Waals surface area contributed by atoms with E-state index in [1.807, 2.05) is 32.0 Å². The van der Waals surface area contributed by atoms with Crippen LogP contribution in [0.4, 0.5) is 11.5 Å². The van der Waals surface area contributed by atoms with Crippen molar-refractivity contribution in [1.29, 1.82) is 0 Å². The summed E-state index contributed by atoms with van der Waals surface area (Å²) in [7, 11) is 0. The number of nitrogens with zero attached hydrogens (tertiary/aromatic N) is 4. The quantitative estimate of drug-likeness (QED) is 0.246. The lowest BCUT2D eigenvalue weighted by Gasteiger charge is -2.36. The molecule has 1 aliphatic rings. The van der Waals surface area contributed by atoms with Gasteiger partial charge in [0.15, 0.2) is 0 Å². The molecule has 2 aromatic carbocycles. The van der Waals surface area contributed by atoms with Gasteiger partial charge in [-0.2, -0.15) is 0 Å². The second-order valence-electron chi connectivity index (χ2n) is 8.95. The number of carbonyl (C=O) groups excluding carboxylic acids is 1. The second kappa shape index (κ2) is 11.6. The molecule has 2 heterocycles. The first-order valence-corrected chi connectivity index (χ1v) is 12.0. The average molecular weight is 491 g/mol. The Hall–Kier alpha value is -3.98. The van der Waals surface area contributed by atoms with Crippen molar-refractivity contribution >= 4 is 17.5 Å². The summed E-state index contributed by atoms with van der Waals surface area (Å²) in [6.07, 6.45) is 1.52. The van der Waals surface area contributed by atoms with Crippen molar-refractivity contribution in [2.75, 3.05) is 31.1 Å². The summed E-state index contributed by atoms with van der Waals surface area (Å²) >= 11 is 0. The summed E-state index contributed by atoms with van der Waals surface area (Å²) in [4.78, 5) is 31.9. The standard InChI is InChI=1S/C27H30N4O5/c1-20(2)36-27(32)25-7-4-12-28-26(25)30-15-13-29(14-16-30)18-22-5-3-6-24(17-22)35-19-21-8-10-23(11-9-21)31(33)34/h3-12,17,20H,13-16,18-19H2,1-2H3. The lowest BCUT2D eigenvalue weighted by Crippen LogP contribution is -2.46. The van der Waals surface area contributed by atoms with Crippen molar-refractivity contribution in [2.24, 2.45) is 0 Å². The molecule has 0 N–H and O–H groups in total. The molecule has 0 aliphatic carbocycles. The van der Waals surface area contributed by atoms with Crippen LogP contribution in [0.5, 0.6) is 5.75 Å². The third kappa shape index (κ3) is 6.57. The highest BCUT2D eigenvalue weighted by Crippen LogP contribution is 2.22. The maximum Gasteiger partial charge on any atom is 0.342 e. The summed E-state index contributed by atoms with van der Waals surface area (Å²) in [6, 6.07) is 17.9. The first-order chi connectivity index (χ1) is 17.4. The Morgan fingerprint density at radius 3 is 2.47 bits per heavy atom. The van der Waals surface area contributed by atoms with Gasteiger partial charge in [0.05, 0.1) is 11.0 Å². The topological polar surface area (TPSA) is 98.0 Å². The summed E-state index contributed by atoms with van der Waals surface area (Å²) in [6.45, 7) is 7.99. The fourth-order valence-corrected chi connectivity index (χ4v) is 4.08. The molecule has 1 aromatic heterocycles. The normalized spacial score (nSPS) is 14.0. The van der Waals surface area contributed by atoms with E-state index in [1.54, 1.807) is 30.5 Å². The number of nitro groups is 1. The van der Waals surface area contributed by atoms with Crippen LogP contribution in [-0.4, -0.2) is 53.1 Å². The SMILES string of the molecule is CC(C)OC(=O)c1cccnc1N1CCN(Cc2cccc(OCc3ccc([N+](=O)[O-])cc3)c2)CC1. The monoisotopic (exact) mass is 490 g/mol. The first-order valence-electron chi connectivity index (χ1n) is 12.0. The van der Waals surface area contributed by atoms with E-state index in [0.717, 1.165) is 49.6 Å². The molecule has 1 saturated heterocycles. The molecule has 0 bridgehead atoms. The van der Waals surface area contributed by atoms with Crippen LogP contribution in [0.2, 0.25) is 0 Å². The first kappa shape index (κ1) is 25.1. The van der Waals surface area contributed by atoms with Crippen molar-refractivity contribution in [3.05, 3.63) is 93.7 Å². The van der Waals surface area contributed by atoms with Gasteiger partial charge in [-0.05, 0) is 61.4 Å². The number of benzene rings is 2. The minimum Gasteiger partial charge on any atom is -0.489 e. The summed E-state index contributed by atoms with van der Waals surface area (Å²) in [5.41, 5.74) is 2.57. The van der Waals surface area contributed by atoms with E-state index >= 15 is 0 Å². The van der Waals surface area contributed by atoms with Gasteiger partial charge in [0, 0.05) is 51.1 Å². The van der Waals surface area contributed by atoms with Crippen LogP contribution in [0, 0.1) is 10.1 Å². The van der Waals surface area contributed by atoms with Gasteiger partial charge in [-0.25, -0.2) is 9.78 Å². The Bertz CT molecular complexity index is 1190. The van der Waals surface area contributed by atoms with Crippen molar-refractivity contribution in [3.8, 4) is 5.75 Å². The van der Waals surface area contributed by atoms with Gasteiger partial charge in [0.2, 0.25) is 0 Å². The summed E-state index contributed by atoms with van der Waals surface area (Å²) < 4.78 is 11.3. The maximum atomic E-state index is 12.5. The molecule has 36 heavy (non-hydrogen) atoms. The number of hydrogen-bond donors (Lipinski definition) is 0. The predicted octanol–water partition coefficient (Wildman–Crippen LogP) is 4.46. The molecule has 0 atom stereocenters. The van der Waals surface area contributed by atoms with Gasteiger partial charge >= 0.3 is 5.97 Å². The Labute approximate surface area is 210 Å². The minimum absolute atomic E-state index is 0.0654. The minimum atomic E-state index is -0.413. The van der Waals surface area contributed by atoms with Gasteiger partial charge in [-0.15, -0.1) is 0 Å². The smallest absolute Gasteiger partial charge is 0.342 e. The van der Waals surface area contributed by atoms with Gasteiger partial charge < -0.3 is 14.4 Å². The Morgan fingerprint density at radius 1 is 1.03 bits per heavy atom. The largest absolute Gasteiger partial charge is 0.489 e. The molecule has 0 saturated carbocycles. The third-order valence-corrected chi connectivity index (χ3v) is 5.88. The fourth-order valence-electron chi connectivity index (χ4n) is 4.08. The van der Waals surface area contributed by atoms with Crippen LogP contribution in [0.25, 0.3) is 0 Å². The van der Waals surface area contributed by atoms with Crippen LogP contribution in [0.3, 0.4) is 0 Å².